The zero-order valence-electron chi connectivity index (χ0n) is 14.2. The molecule has 2 heterocycles. The van der Waals surface area contributed by atoms with Crippen molar-refractivity contribution in [2.75, 3.05) is 7.11 Å². The van der Waals surface area contributed by atoms with Crippen molar-refractivity contribution in [1.82, 2.24) is 9.38 Å². The molecule has 2 aromatic heterocycles. The van der Waals surface area contributed by atoms with Gasteiger partial charge in [0.1, 0.15) is 23.0 Å². The molecule has 4 rings (SSSR count). The number of hydrogen-bond acceptors (Lipinski definition) is 4. The van der Waals surface area contributed by atoms with Crippen LogP contribution < -0.4 is 4.74 Å². The highest BCUT2D eigenvalue weighted by Gasteiger charge is 2.21. The Labute approximate surface area is 153 Å². The van der Waals surface area contributed by atoms with E-state index in [4.69, 9.17) is 4.74 Å². The van der Waals surface area contributed by atoms with E-state index in [1.807, 2.05) is 35.6 Å². The van der Waals surface area contributed by atoms with E-state index in [0.29, 0.717) is 11.4 Å². The number of thiazole rings is 1. The Morgan fingerprint density at radius 2 is 1.73 bits per heavy atom. The van der Waals surface area contributed by atoms with Gasteiger partial charge in [0, 0.05) is 10.4 Å². The minimum absolute atomic E-state index is 0.293. The van der Waals surface area contributed by atoms with Crippen LogP contribution in [0.5, 0.6) is 5.75 Å². The fraction of sp³-hybridized carbons (Fsp3) is 0.100. The third-order valence-electron chi connectivity index (χ3n) is 4.28. The molecule has 0 aliphatic carbocycles. The number of aldehydes is 1. The van der Waals surface area contributed by atoms with Gasteiger partial charge in [-0.1, -0.05) is 0 Å². The zero-order valence-corrected chi connectivity index (χ0v) is 15.0. The van der Waals surface area contributed by atoms with Gasteiger partial charge in [-0.05, 0) is 61.0 Å². The van der Waals surface area contributed by atoms with Gasteiger partial charge in [-0.25, -0.2) is 9.37 Å². The first-order chi connectivity index (χ1) is 12.6. The monoisotopic (exact) mass is 366 g/mol. The molecule has 2 aromatic carbocycles. The van der Waals surface area contributed by atoms with Crippen LogP contribution in [0.3, 0.4) is 0 Å². The highest BCUT2D eigenvalue weighted by atomic mass is 32.1. The molecule has 4 nitrogen and oxygen atoms in total. The number of nitrogens with zero attached hydrogens (tertiary/aromatic N) is 2. The molecule has 0 fully saturated rings. The van der Waals surface area contributed by atoms with E-state index in [-0.39, 0.29) is 5.82 Å². The summed E-state index contributed by atoms with van der Waals surface area (Å²) in [6, 6.07) is 13.7. The van der Waals surface area contributed by atoms with Gasteiger partial charge < -0.3 is 4.74 Å². The number of halogens is 1. The summed E-state index contributed by atoms with van der Waals surface area (Å²) >= 11 is 1.51. The molecule has 0 atom stereocenters. The molecule has 0 aliphatic rings. The molecule has 0 spiro atoms. The molecule has 0 aliphatic heterocycles. The third kappa shape index (κ3) is 2.59. The Hall–Kier alpha value is -2.99. The second-order valence-electron chi connectivity index (χ2n) is 5.82. The Kier molecular flexibility index (Phi) is 4.05. The third-order valence-corrected chi connectivity index (χ3v) is 5.23. The van der Waals surface area contributed by atoms with Crippen molar-refractivity contribution in [3.8, 4) is 28.3 Å². The molecule has 0 amide bonds. The standard InChI is InChI=1S/C20H15FN2O2S/c1-12-19(14-3-7-15(21)8-4-14)23-17(11-24)18(22-20(23)26-12)13-5-9-16(25-2)10-6-13/h3-11H,1-2H3. The average molecular weight is 366 g/mol. The lowest BCUT2D eigenvalue weighted by atomic mass is 10.1. The molecule has 0 N–H and O–H groups in total. The van der Waals surface area contributed by atoms with Gasteiger partial charge in [0.05, 0.1) is 12.8 Å². The smallest absolute Gasteiger partial charge is 0.195 e. The summed E-state index contributed by atoms with van der Waals surface area (Å²) in [5.74, 6) is 0.448. The van der Waals surface area contributed by atoms with Crippen LogP contribution in [0.1, 0.15) is 15.4 Å². The average Bonchev–Trinajstić information content (AvgIpc) is 3.17. The first-order valence-electron chi connectivity index (χ1n) is 7.99. The molecular weight excluding hydrogens is 351 g/mol. The van der Waals surface area contributed by atoms with Crippen molar-refractivity contribution < 1.29 is 13.9 Å². The van der Waals surface area contributed by atoms with Gasteiger partial charge in [0.25, 0.3) is 0 Å². The number of rotatable bonds is 4. The maximum atomic E-state index is 13.3. The number of imidazole rings is 1. The van der Waals surface area contributed by atoms with Crippen LogP contribution in [0.2, 0.25) is 0 Å². The lowest BCUT2D eigenvalue weighted by Gasteiger charge is -2.05. The number of aryl methyl sites for hydroxylation is 1. The molecule has 0 saturated carbocycles. The Morgan fingerprint density at radius 3 is 2.35 bits per heavy atom. The summed E-state index contributed by atoms with van der Waals surface area (Å²) in [6.07, 6.45) is 0.818. The van der Waals surface area contributed by atoms with Crippen LogP contribution in [0.25, 0.3) is 27.5 Å². The normalized spacial score (nSPS) is 11.0. The summed E-state index contributed by atoms with van der Waals surface area (Å²) in [6.45, 7) is 1.97. The van der Waals surface area contributed by atoms with E-state index in [1.54, 1.807) is 19.2 Å². The molecule has 0 radical (unpaired) electrons. The van der Waals surface area contributed by atoms with Crippen molar-refractivity contribution in [1.29, 1.82) is 0 Å². The summed E-state index contributed by atoms with van der Waals surface area (Å²) in [5, 5.41) is 0. The first kappa shape index (κ1) is 16.5. The maximum Gasteiger partial charge on any atom is 0.195 e. The number of benzene rings is 2. The SMILES string of the molecule is COc1ccc(-c2nc3sc(C)c(-c4ccc(F)cc4)n3c2C=O)cc1. The van der Waals surface area contributed by atoms with E-state index in [2.05, 4.69) is 4.98 Å². The summed E-state index contributed by atoms with van der Waals surface area (Å²) in [5.41, 5.74) is 3.65. The van der Waals surface area contributed by atoms with E-state index < -0.39 is 0 Å². The van der Waals surface area contributed by atoms with E-state index in [0.717, 1.165) is 38.7 Å². The minimum Gasteiger partial charge on any atom is -0.497 e. The Bertz CT molecular complexity index is 1100. The maximum absolute atomic E-state index is 13.3. The summed E-state index contributed by atoms with van der Waals surface area (Å²) < 4.78 is 20.3. The highest BCUT2D eigenvalue weighted by Crippen LogP contribution is 2.36. The van der Waals surface area contributed by atoms with Gasteiger partial charge in [-0.3, -0.25) is 9.20 Å². The van der Waals surface area contributed by atoms with Crippen molar-refractivity contribution in [3.05, 3.63) is 64.9 Å². The molecule has 4 aromatic rings. The Morgan fingerprint density at radius 1 is 1.08 bits per heavy atom. The van der Waals surface area contributed by atoms with Crippen molar-refractivity contribution >= 4 is 22.6 Å². The zero-order chi connectivity index (χ0) is 18.3. The van der Waals surface area contributed by atoms with Crippen LogP contribution >= 0.6 is 11.3 Å². The number of methoxy groups -OCH3 is 1. The first-order valence-corrected chi connectivity index (χ1v) is 8.81. The van der Waals surface area contributed by atoms with Crippen LogP contribution in [-0.2, 0) is 0 Å². The van der Waals surface area contributed by atoms with Crippen LogP contribution in [0.4, 0.5) is 4.39 Å². The van der Waals surface area contributed by atoms with Crippen LogP contribution in [-0.4, -0.2) is 22.8 Å². The molecule has 0 bridgehead atoms. The Balaban J connectivity index is 1.94. The minimum atomic E-state index is -0.293. The molecule has 6 heteroatoms. The number of carbonyl (C=O) groups is 1. The quantitative estimate of drug-likeness (QED) is 0.478. The number of carbonyl (C=O) groups excluding carboxylic acids is 1. The lowest BCUT2D eigenvalue weighted by molar-refractivity contribution is 0.111. The topological polar surface area (TPSA) is 43.6 Å². The number of ether oxygens (including phenoxy) is 1. The van der Waals surface area contributed by atoms with E-state index >= 15 is 0 Å². The largest absolute Gasteiger partial charge is 0.497 e. The number of hydrogen-bond donors (Lipinski definition) is 0. The van der Waals surface area contributed by atoms with E-state index in [9.17, 15) is 9.18 Å². The molecule has 0 saturated heterocycles. The molecule has 0 unspecified atom stereocenters. The summed E-state index contributed by atoms with van der Waals surface area (Å²) in [7, 11) is 1.61. The van der Waals surface area contributed by atoms with Gasteiger partial charge >= 0.3 is 0 Å². The summed E-state index contributed by atoms with van der Waals surface area (Å²) in [4.78, 5) is 18.3. The number of fused-ring (bicyclic) bond motifs is 1. The predicted octanol–water partition coefficient (Wildman–Crippen LogP) is 5.00. The van der Waals surface area contributed by atoms with Gasteiger partial charge in [-0.2, -0.15) is 0 Å². The number of aromatic nitrogens is 2. The lowest BCUT2D eigenvalue weighted by Crippen LogP contribution is -1.95. The molecular formula is C20H15FN2O2S. The molecule has 26 heavy (non-hydrogen) atoms. The van der Waals surface area contributed by atoms with Crippen molar-refractivity contribution in [2.24, 2.45) is 0 Å². The highest BCUT2D eigenvalue weighted by molar-refractivity contribution is 7.17. The van der Waals surface area contributed by atoms with E-state index in [1.165, 1.54) is 23.5 Å². The molecule has 130 valence electrons. The predicted molar refractivity (Wildman–Crippen MR) is 101 cm³/mol. The second kappa shape index (κ2) is 6.38. The van der Waals surface area contributed by atoms with Gasteiger partial charge in [0.2, 0.25) is 0 Å². The van der Waals surface area contributed by atoms with Crippen molar-refractivity contribution in [3.63, 3.8) is 0 Å². The second-order valence-corrected chi connectivity index (χ2v) is 7.01. The van der Waals surface area contributed by atoms with Gasteiger partial charge in [0.15, 0.2) is 11.2 Å². The van der Waals surface area contributed by atoms with Crippen LogP contribution in [0, 0.1) is 12.7 Å². The fourth-order valence-corrected chi connectivity index (χ4v) is 4.05. The van der Waals surface area contributed by atoms with Crippen LogP contribution in [0.15, 0.2) is 48.5 Å². The van der Waals surface area contributed by atoms with Gasteiger partial charge in [-0.15, -0.1) is 11.3 Å². The van der Waals surface area contributed by atoms with Crippen molar-refractivity contribution in [2.45, 2.75) is 6.92 Å². The fourth-order valence-electron chi connectivity index (χ4n) is 3.05.